The highest BCUT2D eigenvalue weighted by Crippen LogP contribution is 2.43. The van der Waals surface area contributed by atoms with E-state index in [1.54, 1.807) is 0 Å². The van der Waals surface area contributed by atoms with E-state index in [4.69, 9.17) is 9.97 Å². The Hall–Kier alpha value is -8.34. The molecule has 13 aromatic rings. The number of para-hydroxylation sites is 2. The first-order valence-electron chi connectivity index (χ1n) is 21.2. The van der Waals surface area contributed by atoms with Crippen LogP contribution in [-0.4, -0.2) is 19.1 Å². The van der Waals surface area contributed by atoms with E-state index in [9.17, 15) is 0 Å². The number of benzene rings is 10. The van der Waals surface area contributed by atoms with E-state index in [1.165, 1.54) is 65.2 Å². The predicted octanol–water partition coefficient (Wildman–Crippen LogP) is 15.1. The molecule has 288 valence electrons. The molecule has 3 aromatic heterocycles. The molecule has 10 aromatic carbocycles. The highest BCUT2D eigenvalue weighted by atomic mass is 15.0. The maximum Gasteiger partial charge on any atom is 0.0973 e. The molecule has 0 atom stereocenters. The zero-order valence-corrected chi connectivity index (χ0v) is 33.6. The Kier molecular flexibility index (Phi) is 7.57. The lowest BCUT2D eigenvalue weighted by atomic mass is 9.96. The molecule has 62 heavy (non-hydrogen) atoms. The van der Waals surface area contributed by atoms with Crippen molar-refractivity contribution in [1.29, 1.82) is 0 Å². The molecule has 0 aliphatic rings. The predicted molar refractivity (Wildman–Crippen MR) is 260 cm³/mol. The fraction of sp³-hybridized carbons (Fsp3) is 0. The van der Waals surface area contributed by atoms with Crippen molar-refractivity contribution < 1.29 is 0 Å². The van der Waals surface area contributed by atoms with Gasteiger partial charge in [-0.05, 0) is 70.4 Å². The number of nitrogens with zero attached hydrogens (tertiary/aromatic N) is 4. The van der Waals surface area contributed by atoms with Crippen molar-refractivity contribution in [2.24, 2.45) is 0 Å². The van der Waals surface area contributed by atoms with Gasteiger partial charge in [-0.2, -0.15) is 0 Å². The average Bonchev–Trinajstić information content (AvgIpc) is 3.85. The van der Waals surface area contributed by atoms with Gasteiger partial charge in [0.15, 0.2) is 0 Å². The minimum absolute atomic E-state index is 0.863. The molecule has 0 spiro atoms. The van der Waals surface area contributed by atoms with Crippen LogP contribution in [0.3, 0.4) is 0 Å². The molecule has 0 saturated carbocycles. The molecule has 13 rings (SSSR count). The largest absolute Gasteiger partial charge is 0.309 e. The Labute approximate surface area is 357 Å². The van der Waals surface area contributed by atoms with Crippen LogP contribution in [0.2, 0.25) is 0 Å². The van der Waals surface area contributed by atoms with E-state index in [1.807, 2.05) is 12.1 Å². The standard InChI is InChI=1S/C58H36N4/c1-4-17-38(18-5-1)56-57(39-19-6-2-7-20-39)60-51-34-40(29-32-50(51)59-56)42-31-33-53(45-25-13-12-24-44(42)45)62-52-27-15-14-26-46(52)48-35-49-47-30-28-37-16-10-11-23-43(37)58(47)61(54(49)36-55(48)62)41-21-8-3-9-22-41/h1-36H. The SMILES string of the molecule is c1ccc(-c2nc3ccc(-c4ccc(-n5c6ccccc6c6cc7c8ccc9ccccc9c8n(-c8ccccc8)c7cc65)c5ccccc45)cc3nc2-c2ccccc2)cc1. The zero-order chi connectivity index (χ0) is 40.7. The molecule has 0 saturated heterocycles. The van der Waals surface area contributed by atoms with Gasteiger partial charge in [0, 0.05) is 49.1 Å². The van der Waals surface area contributed by atoms with Gasteiger partial charge in [-0.3, -0.25) is 0 Å². The monoisotopic (exact) mass is 788 g/mol. The number of hydrogen-bond donors (Lipinski definition) is 0. The van der Waals surface area contributed by atoms with Crippen LogP contribution in [0.5, 0.6) is 0 Å². The second kappa shape index (κ2) is 13.6. The highest BCUT2D eigenvalue weighted by Gasteiger charge is 2.22. The van der Waals surface area contributed by atoms with Gasteiger partial charge in [0.2, 0.25) is 0 Å². The van der Waals surface area contributed by atoms with Gasteiger partial charge in [0.05, 0.1) is 50.2 Å². The maximum atomic E-state index is 5.33. The summed E-state index contributed by atoms with van der Waals surface area (Å²) in [6.07, 6.45) is 0. The Morgan fingerprint density at radius 1 is 0.306 bits per heavy atom. The normalized spacial score (nSPS) is 11.9. The number of hydrogen-bond acceptors (Lipinski definition) is 2. The summed E-state index contributed by atoms with van der Waals surface area (Å²) in [5.74, 6) is 0. The molecule has 3 heterocycles. The summed E-state index contributed by atoms with van der Waals surface area (Å²) < 4.78 is 4.94. The number of rotatable bonds is 5. The van der Waals surface area contributed by atoms with Crippen molar-refractivity contribution in [3.63, 3.8) is 0 Å². The summed E-state index contributed by atoms with van der Waals surface area (Å²) in [7, 11) is 0. The summed E-state index contributed by atoms with van der Waals surface area (Å²) in [6, 6.07) is 78.5. The van der Waals surface area contributed by atoms with Crippen molar-refractivity contribution in [3.05, 3.63) is 218 Å². The first-order chi connectivity index (χ1) is 30.8. The maximum absolute atomic E-state index is 5.33. The lowest BCUT2D eigenvalue weighted by Gasteiger charge is -2.16. The molecule has 0 aliphatic heterocycles. The van der Waals surface area contributed by atoms with Crippen LogP contribution < -0.4 is 0 Å². The molecule has 0 amide bonds. The van der Waals surface area contributed by atoms with Crippen molar-refractivity contribution >= 4 is 76.2 Å². The van der Waals surface area contributed by atoms with Gasteiger partial charge in [-0.15, -0.1) is 0 Å². The number of fused-ring (bicyclic) bond motifs is 10. The highest BCUT2D eigenvalue weighted by molar-refractivity contribution is 6.23. The molecule has 0 radical (unpaired) electrons. The van der Waals surface area contributed by atoms with E-state index < -0.39 is 0 Å². The minimum atomic E-state index is 0.863. The van der Waals surface area contributed by atoms with E-state index in [-0.39, 0.29) is 0 Å². The lowest BCUT2D eigenvalue weighted by molar-refractivity contribution is 1.17. The summed E-state index contributed by atoms with van der Waals surface area (Å²) in [5.41, 5.74) is 14.9. The van der Waals surface area contributed by atoms with Crippen LogP contribution in [0.4, 0.5) is 0 Å². The molecule has 0 fully saturated rings. The molecular weight excluding hydrogens is 753 g/mol. The Morgan fingerprint density at radius 3 is 1.66 bits per heavy atom. The van der Waals surface area contributed by atoms with Crippen LogP contribution in [0.15, 0.2) is 218 Å². The smallest absolute Gasteiger partial charge is 0.0973 e. The van der Waals surface area contributed by atoms with Crippen LogP contribution in [0, 0.1) is 0 Å². The molecule has 0 bridgehead atoms. The van der Waals surface area contributed by atoms with E-state index in [2.05, 4.69) is 215 Å². The van der Waals surface area contributed by atoms with Crippen molar-refractivity contribution in [3.8, 4) is 45.0 Å². The molecule has 0 unspecified atom stereocenters. The van der Waals surface area contributed by atoms with Crippen molar-refractivity contribution in [2.75, 3.05) is 0 Å². The number of aromatic nitrogens is 4. The molecule has 0 aliphatic carbocycles. The van der Waals surface area contributed by atoms with Gasteiger partial charge < -0.3 is 9.13 Å². The average molecular weight is 789 g/mol. The van der Waals surface area contributed by atoms with Gasteiger partial charge in [-0.25, -0.2) is 9.97 Å². The van der Waals surface area contributed by atoms with Crippen LogP contribution in [0.1, 0.15) is 0 Å². The molecule has 0 N–H and O–H groups in total. The summed E-state index contributed by atoms with van der Waals surface area (Å²) >= 11 is 0. The fourth-order valence-corrected chi connectivity index (χ4v) is 9.89. The topological polar surface area (TPSA) is 35.6 Å². The quantitative estimate of drug-likeness (QED) is 0.174. The van der Waals surface area contributed by atoms with E-state index in [0.29, 0.717) is 0 Å². The lowest BCUT2D eigenvalue weighted by Crippen LogP contribution is -1.98. The Morgan fingerprint density at radius 2 is 0.903 bits per heavy atom. The molecular formula is C58H36N4. The third-order valence-corrected chi connectivity index (χ3v) is 12.7. The summed E-state index contributed by atoms with van der Waals surface area (Å²) in [5, 5.41) is 9.81. The second-order valence-corrected chi connectivity index (χ2v) is 16.1. The van der Waals surface area contributed by atoms with E-state index in [0.717, 1.165) is 56.0 Å². The molecule has 4 nitrogen and oxygen atoms in total. The van der Waals surface area contributed by atoms with Gasteiger partial charge in [0.25, 0.3) is 0 Å². The fourth-order valence-electron chi connectivity index (χ4n) is 9.89. The van der Waals surface area contributed by atoms with E-state index >= 15 is 0 Å². The van der Waals surface area contributed by atoms with Crippen LogP contribution in [0.25, 0.3) is 121 Å². The Balaban J connectivity index is 1.04. The van der Waals surface area contributed by atoms with Crippen molar-refractivity contribution in [2.45, 2.75) is 0 Å². The van der Waals surface area contributed by atoms with Gasteiger partial charge >= 0.3 is 0 Å². The molecule has 4 heteroatoms. The van der Waals surface area contributed by atoms with Gasteiger partial charge in [-0.1, -0.05) is 170 Å². The zero-order valence-electron chi connectivity index (χ0n) is 33.6. The third-order valence-electron chi connectivity index (χ3n) is 12.7. The van der Waals surface area contributed by atoms with Crippen molar-refractivity contribution in [1.82, 2.24) is 19.1 Å². The first kappa shape index (κ1) is 34.5. The Bertz CT molecular complexity index is 3900. The summed E-state index contributed by atoms with van der Waals surface area (Å²) in [6.45, 7) is 0. The minimum Gasteiger partial charge on any atom is -0.309 e. The third kappa shape index (κ3) is 5.20. The van der Waals surface area contributed by atoms with Crippen LogP contribution >= 0.6 is 0 Å². The second-order valence-electron chi connectivity index (χ2n) is 16.1. The first-order valence-corrected chi connectivity index (χ1v) is 21.2. The van der Waals surface area contributed by atoms with Crippen LogP contribution in [-0.2, 0) is 0 Å². The summed E-state index contributed by atoms with van der Waals surface area (Å²) in [4.78, 5) is 10.6. The van der Waals surface area contributed by atoms with Gasteiger partial charge in [0.1, 0.15) is 0 Å².